The maximum Gasteiger partial charge on any atom is 0.356 e. The van der Waals surface area contributed by atoms with Gasteiger partial charge in [-0.2, -0.15) is 0 Å². The third kappa shape index (κ3) is 2.81. The van der Waals surface area contributed by atoms with E-state index >= 15 is 0 Å². The van der Waals surface area contributed by atoms with Gasteiger partial charge in [0.15, 0.2) is 5.69 Å². The number of nitrogens with zero attached hydrogens (tertiary/aromatic N) is 2. The van der Waals surface area contributed by atoms with Gasteiger partial charge in [-0.15, -0.1) is 0 Å². The van der Waals surface area contributed by atoms with E-state index in [1.807, 2.05) is 0 Å². The molecule has 0 unspecified atom stereocenters. The van der Waals surface area contributed by atoms with Crippen LogP contribution in [-0.4, -0.2) is 33.5 Å². The summed E-state index contributed by atoms with van der Waals surface area (Å²) in [6, 6.07) is 0. The van der Waals surface area contributed by atoms with Gasteiger partial charge in [0, 0.05) is 6.54 Å². The zero-order valence-corrected chi connectivity index (χ0v) is 10.4. The van der Waals surface area contributed by atoms with E-state index in [0.717, 1.165) is 25.7 Å². The normalized spacial score (nSPS) is 17.1. The number of carbonyl (C=O) groups excluding carboxylic acids is 1. The number of carboxylic acid groups (broad SMARTS) is 1. The van der Waals surface area contributed by atoms with Gasteiger partial charge in [-0.1, -0.05) is 12.8 Å². The van der Waals surface area contributed by atoms with Crippen LogP contribution < -0.4 is 11.1 Å². The number of anilines is 1. The second-order valence-corrected chi connectivity index (χ2v) is 4.80. The zero-order chi connectivity index (χ0) is 13.9. The van der Waals surface area contributed by atoms with Gasteiger partial charge >= 0.3 is 5.97 Å². The van der Waals surface area contributed by atoms with Crippen LogP contribution >= 0.6 is 0 Å². The summed E-state index contributed by atoms with van der Waals surface area (Å²) in [4.78, 5) is 29.9. The van der Waals surface area contributed by atoms with Gasteiger partial charge < -0.3 is 16.2 Å². The minimum Gasteiger partial charge on any atom is -0.476 e. The Morgan fingerprint density at radius 2 is 2.00 bits per heavy atom. The molecule has 1 aliphatic rings. The van der Waals surface area contributed by atoms with Crippen molar-refractivity contribution in [3.8, 4) is 0 Å². The van der Waals surface area contributed by atoms with Crippen molar-refractivity contribution in [2.24, 2.45) is 11.1 Å². The van der Waals surface area contributed by atoms with Crippen LogP contribution in [0.4, 0.5) is 5.82 Å². The molecular weight excluding hydrogens is 248 g/mol. The van der Waals surface area contributed by atoms with E-state index in [9.17, 15) is 9.59 Å². The Bertz CT molecular complexity index is 480. The van der Waals surface area contributed by atoms with E-state index in [2.05, 4.69) is 15.3 Å². The first-order valence-electron chi connectivity index (χ1n) is 6.13. The number of nitrogens with two attached hydrogens (primary N) is 1. The van der Waals surface area contributed by atoms with Crippen LogP contribution in [0.1, 0.15) is 36.2 Å². The fourth-order valence-corrected chi connectivity index (χ4v) is 2.35. The highest BCUT2D eigenvalue weighted by molar-refractivity contribution is 5.85. The highest BCUT2D eigenvalue weighted by atomic mass is 16.4. The van der Waals surface area contributed by atoms with Crippen LogP contribution in [-0.2, 0) is 4.79 Å². The lowest BCUT2D eigenvalue weighted by Gasteiger charge is -2.25. The number of aromatic nitrogens is 2. The molecule has 7 heteroatoms. The molecule has 102 valence electrons. The summed E-state index contributed by atoms with van der Waals surface area (Å²) in [7, 11) is 0. The molecule has 7 nitrogen and oxygen atoms in total. The lowest BCUT2D eigenvalue weighted by Crippen LogP contribution is -2.40. The van der Waals surface area contributed by atoms with Crippen molar-refractivity contribution in [2.45, 2.75) is 25.7 Å². The molecule has 1 heterocycles. The summed E-state index contributed by atoms with van der Waals surface area (Å²) < 4.78 is 0. The standard InChI is InChI=1S/C12H16N4O3/c13-11(19)12(3-1-2-4-12)7-16-9-6-14-8(5-15-9)10(17)18/h5-6H,1-4,7H2,(H2,13,19)(H,15,16)(H,17,18). The lowest BCUT2D eigenvalue weighted by molar-refractivity contribution is -0.126. The predicted molar refractivity (Wildman–Crippen MR) is 67.6 cm³/mol. The molecule has 2 rings (SSSR count). The van der Waals surface area contributed by atoms with Crippen molar-refractivity contribution in [3.63, 3.8) is 0 Å². The molecule has 0 radical (unpaired) electrons. The van der Waals surface area contributed by atoms with Gasteiger partial charge in [0.2, 0.25) is 5.91 Å². The highest BCUT2D eigenvalue weighted by Gasteiger charge is 2.39. The topological polar surface area (TPSA) is 118 Å². The van der Waals surface area contributed by atoms with E-state index in [1.54, 1.807) is 0 Å². The fraction of sp³-hybridized carbons (Fsp3) is 0.500. The molecule has 19 heavy (non-hydrogen) atoms. The van der Waals surface area contributed by atoms with Gasteiger partial charge in [-0.05, 0) is 12.8 Å². The molecule has 1 aliphatic carbocycles. The van der Waals surface area contributed by atoms with Crippen molar-refractivity contribution in [3.05, 3.63) is 18.1 Å². The van der Waals surface area contributed by atoms with Gasteiger partial charge in [0.25, 0.3) is 0 Å². The Hall–Kier alpha value is -2.18. The average molecular weight is 264 g/mol. The second-order valence-electron chi connectivity index (χ2n) is 4.80. The van der Waals surface area contributed by atoms with Gasteiger partial charge in [-0.25, -0.2) is 14.8 Å². The van der Waals surface area contributed by atoms with Gasteiger partial charge in [0.05, 0.1) is 17.8 Å². The number of amides is 1. The Kier molecular flexibility index (Phi) is 3.64. The molecule has 0 bridgehead atoms. The van der Waals surface area contributed by atoms with Crippen molar-refractivity contribution in [2.75, 3.05) is 11.9 Å². The summed E-state index contributed by atoms with van der Waals surface area (Å²) in [5.74, 6) is -0.978. The number of aromatic carboxylic acids is 1. The molecule has 0 aliphatic heterocycles. The summed E-state index contributed by atoms with van der Waals surface area (Å²) >= 11 is 0. The molecule has 0 saturated heterocycles. The van der Waals surface area contributed by atoms with E-state index < -0.39 is 11.4 Å². The number of primary amides is 1. The minimum atomic E-state index is -1.12. The minimum absolute atomic E-state index is 0.115. The number of rotatable bonds is 5. The first-order chi connectivity index (χ1) is 9.03. The third-order valence-corrected chi connectivity index (χ3v) is 3.56. The van der Waals surface area contributed by atoms with Crippen molar-refractivity contribution in [1.82, 2.24) is 9.97 Å². The first kappa shape index (κ1) is 13.3. The summed E-state index contributed by atoms with van der Waals surface area (Å²) in [5.41, 5.74) is 4.83. The molecule has 0 atom stereocenters. The average Bonchev–Trinajstić information content (AvgIpc) is 2.87. The number of carbonyl (C=O) groups is 2. The Labute approximate surface area is 110 Å². The third-order valence-electron chi connectivity index (χ3n) is 3.56. The number of carboxylic acids is 1. The molecule has 1 aromatic rings. The summed E-state index contributed by atoms with van der Waals surface area (Å²) in [5, 5.41) is 11.7. The summed E-state index contributed by atoms with van der Waals surface area (Å²) in [6.07, 6.45) is 6.05. The van der Waals surface area contributed by atoms with Crippen LogP contribution in [0.2, 0.25) is 0 Å². The molecule has 1 amide bonds. The smallest absolute Gasteiger partial charge is 0.356 e. The lowest BCUT2D eigenvalue weighted by atomic mass is 9.85. The number of hydrogen-bond acceptors (Lipinski definition) is 5. The Morgan fingerprint density at radius 1 is 1.32 bits per heavy atom. The maximum atomic E-state index is 11.6. The molecule has 1 fully saturated rings. The monoisotopic (exact) mass is 264 g/mol. The number of nitrogens with one attached hydrogen (secondary N) is 1. The molecule has 4 N–H and O–H groups in total. The van der Waals surface area contributed by atoms with E-state index in [4.69, 9.17) is 10.8 Å². The molecule has 0 spiro atoms. The second kappa shape index (κ2) is 5.21. The quantitative estimate of drug-likeness (QED) is 0.718. The predicted octanol–water partition coefficient (Wildman–Crippen LogP) is 0.632. The Balaban J connectivity index is 2.01. The molecule has 1 saturated carbocycles. The number of hydrogen-bond donors (Lipinski definition) is 3. The summed E-state index contributed by atoms with van der Waals surface area (Å²) in [6.45, 7) is 0.406. The van der Waals surface area contributed by atoms with E-state index in [0.29, 0.717) is 12.4 Å². The maximum absolute atomic E-state index is 11.6. The van der Waals surface area contributed by atoms with Crippen LogP contribution in [0.25, 0.3) is 0 Å². The Morgan fingerprint density at radius 3 is 2.47 bits per heavy atom. The van der Waals surface area contributed by atoms with Crippen molar-refractivity contribution < 1.29 is 14.7 Å². The molecule has 0 aromatic carbocycles. The fourth-order valence-electron chi connectivity index (χ4n) is 2.35. The van der Waals surface area contributed by atoms with Crippen molar-refractivity contribution in [1.29, 1.82) is 0 Å². The van der Waals surface area contributed by atoms with E-state index in [1.165, 1.54) is 12.4 Å². The molecular formula is C12H16N4O3. The first-order valence-corrected chi connectivity index (χ1v) is 6.13. The van der Waals surface area contributed by atoms with Gasteiger partial charge in [0.1, 0.15) is 5.82 Å². The largest absolute Gasteiger partial charge is 0.476 e. The molecule has 1 aromatic heterocycles. The van der Waals surface area contributed by atoms with Crippen LogP contribution in [0.15, 0.2) is 12.4 Å². The van der Waals surface area contributed by atoms with Crippen LogP contribution in [0.3, 0.4) is 0 Å². The van der Waals surface area contributed by atoms with Crippen molar-refractivity contribution >= 4 is 17.7 Å². The van der Waals surface area contributed by atoms with Crippen LogP contribution in [0, 0.1) is 5.41 Å². The zero-order valence-electron chi connectivity index (χ0n) is 10.4. The highest BCUT2D eigenvalue weighted by Crippen LogP contribution is 2.37. The van der Waals surface area contributed by atoms with Crippen LogP contribution in [0.5, 0.6) is 0 Å². The van der Waals surface area contributed by atoms with Gasteiger partial charge in [-0.3, -0.25) is 4.79 Å². The SMILES string of the molecule is NC(=O)C1(CNc2cnc(C(=O)O)cn2)CCCC1. The van der Waals surface area contributed by atoms with E-state index in [-0.39, 0.29) is 11.6 Å².